The van der Waals surface area contributed by atoms with Crippen LogP contribution < -0.4 is 15.0 Å². The third-order valence-corrected chi connectivity index (χ3v) is 4.83. The van der Waals surface area contributed by atoms with Crippen LogP contribution in [0.1, 0.15) is 28.8 Å². The summed E-state index contributed by atoms with van der Waals surface area (Å²) in [7, 11) is 1.73. The van der Waals surface area contributed by atoms with Crippen molar-refractivity contribution in [2.75, 3.05) is 20.3 Å². The molecule has 2 heterocycles. The minimum atomic E-state index is -0.179. The highest BCUT2D eigenvalue weighted by atomic mass is 16.5. The molecule has 3 aromatic rings. The highest BCUT2D eigenvalue weighted by Crippen LogP contribution is 2.30. The average molecular weight is 378 g/mol. The van der Waals surface area contributed by atoms with Crippen molar-refractivity contribution < 1.29 is 14.3 Å². The second kappa shape index (κ2) is 7.76. The number of fused-ring (bicyclic) bond motifs is 2. The van der Waals surface area contributed by atoms with Gasteiger partial charge in [-0.3, -0.25) is 9.59 Å². The van der Waals surface area contributed by atoms with Crippen LogP contribution in [-0.4, -0.2) is 36.1 Å². The third kappa shape index (κ3) is 3.71. The number of H-pyrrole nitrogens is 1. The van der Waals surface area contributed by atoms with Crippen molar-refractivity contribution in [3.8, 4) is 11.5 Å². The first kappa shape index (κ1) is 18.1. The number of carbonyl (C=O) groups is 1. The van der Waals surface area contributed by atoms with E-state index in [1.807, 2.05) is 24.3 Å². The van der Waals surface area contributed by atoms with Crippen LogP contribution in [0.25, 0.3) is 10.9 Å². The molecule has 4 rings (SSSR count). The summed E-state index contributed by atoms with van der Waals surface area (Å²) in [6.07, 6.45) is 1.88. The second-order valence-corrected chi connectivity index (χ2v) is 6.93. The van der Waals surface area contributed by atoms with Gasteiger partial charge < -0.3 is 19.4 Å². The van der Waals surface area contributed by atoms with E-state index >= 15 is 0 Å². The molecule has 2 aromatic carbocycles. The summed E-state index contributed by atoms with van der Waals surface area (Å²) in [6, 6.07) is 14.4. The number of amides is 1. The van der Waals surface area contributed by atoms with Crippen LogP contribution in [0.15, 0.2) is 53.3 Å². The molecule has 6 nitrogen and oxygen atoms in total. The quantitative estimate of drug-likeness (QED) is 0.759. The molecule has 0 radical (unpaired) electrons. The molecule has 0 spiro atoms. The Morgan fingerprint density at radius 3 is 2.61 bits per heavy atom. The van der Waals surface area contributed by atoms with E-state index in [0.29, 0.717) is 36.8 Å². The SMILES string of the molecule is CN(Cc1cc(=O)[nH]c2ccccc12)C(=O)c1ccc2c(c1)OCCCCO2. The fourth-order valence-corrected chi connectivity index (χ4v) is 3.40. The molecule has 1 aliphatic rings. The van der Waals surface area contributed by atoms with Crippen molar-refractivity contribution in [1.29, 1.82) is 0 Å². The van der Waals surface area contributed by atoms with Gasteiger partial charge in [0.2, 0.25) is 5.56 Å². The minimum Gasteiger partial charge on any atom is -0.490 e. The summed E-state index contributed by atoms with van der Waals surface area (Å²) in [5, 5.41) is 0.927. The van der Waals surface area contributed by atoms with Gasteiger partial charge in [-0.05, 0) is 42.7 Å². The summed E-state index contributed by atoms with van der Waals surface area (Å²) in [4.78, 5) is 29.3. The molecule has 1 N–H and O–H groups in total. The van der Waals surface area contributed by atoms with Gasteiger partial charge in [0.1, 0.15) is 0 Å². The van der Waals surface area contributed by atoms with Gasteiger partial charge >= 0.3 is 0 Å². The molecule has 0 saturated heterocycles. The number of hydrogen-bond donors (Lipinski definition) is 1. The Labute approximate surface area is 162 Å². The number of nitrogens with one attached hydrogen (secondary N) is 1. The van der Waals surface area contributed by atoms with E-state index in [2.05, 4.69) is 4.98 Å². The Hall–Kier alpha value is -3.28. The number of benzene rings is 2. The molecule has 144 valence electrons. The molecule has 0 bridgehead atoms. The van der Waals surface area contributed by atoms with E-state index in [9.17, 15) is 9.59 Å². The third-order valence-electron chi connectivity index (χ3n) is 4.83. The molecule has 1 aromatic heterocycles. The van der Waals surface area contributed by atoms with Crippen LogP contribution in [0.5, 0.6) is 11.5 Å². The number of ether oxygens (including phenoxy) is 2. The van der Waals surface area contributed by atoms with Crippen LogP contribution in [0.3, 0.4) is 0 Å². The number of aromatic amines is 1. The van der Waals surface area contributed by atoms with Crippen LogP contribution in [0, 0.1) is 0 Å². The molecule has 1 aliphatic heterocycles. The Kier molecular flexibility index (Phi) is 5.02. The van der Waals surface area contributed by atoms with Gasteiger partial charge in [-0.25, -0.2) is 0 Å². The number of carbonyl (C=O) groups excluding carboxylic acids is 1. The lowest BCUT2D eigenvalue weighted by atomic mass is 10.1. The Bertz CT molecular complexity index is 1070. The topological polar surface area (TPSA) is 71.6 Å². The fraction of sp³-hybridized carbons (Fsp3) is 0.273. The van der Waals surface area contributed by atoms with Gasteiger partial charge in [0, 0.05) is 36.1 Å². The lowest BCUT2D eigenvalue weighted by Crippen LogP contribution is -2.27. The van der Waals surface area contributed by atoms with Crippen LogP contribution in [0.2, 0.25) is 0 Å². The number of hydrogen-bond acceptors (Lipinski definition) is 4. The van der Waals surface area contributed by atoms with Crippen molar-refractivity contribution in [1.82, 2.24) is 9.88 Å². The molecule has 0 aliphatic carbocycles. The maximum atomic E-state index is 13.0. The van der Waals surface area contributed by atoms with Crippen LogP contribution >= 0.6 is 0 Å². The number of para-hydroxylation sites is 1. The molecule has 0 fully saturated rings. The zero-order chi connectivity index (χ0) is 19.5. The van der Waals surface area contributed by atoms with E-state index < -0.39 is 0 Å². The lowest BCUT2D eigenvalue weighted by molar-refractivity contribution is 0.0785. The Balaban J connectivity index is 1.59. The van der Waals surface area contributed by atoms with Gasteiger partial charge in [-0.1, -0.05) is 18.2 Å². The summed E-state index contributed by atoms with van der Waals surface area (Å²) >= 11 is 0. The average Bonchev–Trinajstić information content (AvgIpc) is 2.67. The predicted octanol–water partition coefficient (Wildman–Crippen LogP) is 3.35. The van der Waals surface area contributed by atoms with Crippen LogP contribution in [0.4, 0.5) is 0 Å². The van der Waals surface area contributed by atoms with E-state index in [1.165, 1.54) is 0 Å². The number of pyridine rings is 1. The summed E-state index contributed by atoms with van der Waals surface area (Å²) < 4.78 is 11.4. The molecule has 1 amide bonds. The van der Waals surface area contributed by atoms with E-state index in [4.69, 9.17) is 9.47 Å². The zero-order valence-corrected chi connectivity index (χ0v) is 15.7. The van der Waals surface area contributed by atoms with E-state index in [1.54, 1.807) is 36.2 Å². The number of rotatable bonds is 3. The second-order valence-electron chi connectivity index (χ2n) is 6.93. The van der Waals surface area contributed by atoms with Gasteiger partial charge in [-0.2, -0.15) is 0 Å². The molecular formula is C22H22N2O4. The smallest absolute Gasteiger partial charge is 0.254 e. The zero-order valence-electron chi connectivity index (χ0n) is 15.7. The Morgan fingerprint density at radius 2 is 1.79 bits per heavy atom. The van der Waals surface area contributed by atoms with Crippen molar-refractivity contribution in [2.45, 2.75) is 19.4 Å². The maximum absolute atomic E-state index is 13.0. The van der Waals surface area contributed by atoms with Crippen molar-refractivity contribution in [3.63, 3.8) is 0 Å². The number of nitrogens with zero attached hydrogens (tertiary/aromatic N) is 1. The van der Waals surface area contributed by atoms with Gasteiger partial charge in [0.05, 0.1) is 13.2 Å². The van der Waals surface area contributed by atoms with Gasteiger partial charge in [0.15, 0.2) is 11.5 Å². The van der Waals surface area contributed by atoms with Gasteiger partial charge in [-0.15, -0.1) is 0 Å². The monoisotopic (exact) mass is 378 g/mol. The summed E-state index contributed by atoms with van der Waals surface area (Å²) in [5.74, 6) is 1.12. The molecular weight excluding hydrogens is 356 g/mol. The first-order valence-corrected chi connectivity index (χ1v) is 9.38. The Morgan fingerprint density at radius 1 is 1.04 bits per heavy atom. The highest BCUT2D eigenvalue weighted by molar-refractivity contribution is 5.95. The lowest BCUT2D eigenvalue weighted by Gasteiger charge is -2.20. The first-order valence-electron chi connectivity index (χ1n) is 9.38. The highest BCUT2D eigenvalue weighted by Gasteiger charge is 2.17. The maximum Gasteiger partial charge on any atom is 0.254 e. The molecule has 28 heavy (non-hydrogen) atoms. The van der Waals surface area contributed by atoms with Crippen molar-refractivity contribution >= 4 is 16.8 Å². The van der Waals surface area contributed by atoms with Gasteiger partial charge in [0.25, 0.3) is 5.91 Å². The van der Waals surface area contributed by atoms with E-state index in [0.717, 1.165) is 29.3 Å². The molecule has 0 atom stereocenters. The number of aromatic nitrogens is 1. The largest absolute Gasteiger partial charge is 0.490 e. The van der Waals surface area contributed by atoms with Crippen molar-refractivity contribution in [2.24, 2.45) is 0 Å². The normalized spacial score (nSPS) is 13.6. The predicted molar refractivity (Wildman–Crippen MR) is 107 cm³/mol. The molecule has 0 saturated carbocycles. The minimum absolute atomic E-state index is 0.141. The van der Waals surface area contributed by atoms with Crippen molar-refractivity contribution in [3.05, 3.63) is 70.0 Å². The molecule has 0 unspecified atom stereocenters. The summed E-state index contributed by atoms with van der Waals surface area (Å²) in [6.45, 7) is 1.60. The molecule has 6 heteroatoms. The fourth-order valence-electron chi connectivity index (χ4n) is 3.40. The van der Waals surface area contributed by atoms with E-state index in [-0.39, 0.29) is 11.5 Å². The van der Waals surface area contributed by atoms with Crippen LogP contribution in [-0.2, 0) is 6.54 Å². The summed E-state index contributed by atoms with van der Waals surface area (Å²) in [5.41, 5.74) is 1.92. The first-order chi connectivity index (χ1) is 13.6. The standard InChI is InChI=1S/C22H22N2O4/c1-24(14-16-13-21(25)23-18-7-3-2-6-17(16)18)22(26)15-8-9-19-20(12-15)28-11-5-4-10-27-19/h2-3,6-9,12-13H,4-5,10-11,14H2,1H3,(H,23,25).